The van der Waals surface area contributed by atoms with Gasteiger partial charge in [0.25, 0.3) is 5.91 Å². The van der Waals surface area contributed by atoms with Crippen LogP contribution >= 0.6 is 11.6 Å². The lowest BCUT2D eigenvalue weighted by atomic mass is 10.2. The molecule has 0 spiro atoms. The van der Waals surface area contributed by atoms with E-state index in [9.17, 15) is 4.79 Å². The summed E-state index contributed by atoms with van der Waals surface area (Å²) in [5.74, 6) is -0.130. The molecule has 2 heterocycles. The topological polar surface area (TPSA) is 51.2 Å². The molecule has 0 saturated carbocycles. The maximum Gasteiger partial charge on any atom is 0.251 e. The summed E-state index contributed by atoms with van der Waals surface area (Å²) < 4.78 is 5.16. The fourth-order valence-corrected chi connectivity index (χ4v) is 1.63. The zero-order chi connectivity index (χ0) is 10.7. The number of carbonyl (C=O) groups excluding carboxylic acids is 1. The van der Waals surface area contributed by atoms with Gasteiger partial charge in [-0.2, -0.15) is 0 Å². The van der Waals surface area contributed by atoms with Crippen LogP contribution in [0.3, 0.4) is 0 Å². The Kier molecular flexibility index (Phi) is 3.18. The number of aromatic nitrogens is 1. The molecule has 2 rings (SSSR count). The van der Waals surface area contributed by atoms with Crippen LogP contribution in [0.25, 0.3) is 0 Å². The van der Waals surface area contributed by atoms with Crippen molar-refractivity contribution in [3.05, 3.63) is 29.0 Å². The Hall–Kier alpha value is -1.13. The Labute approximate surface area is 92.6 Å². The van der Waals surface area contributed by atoms with Gasteiger partial charge in [0.05, 0.1) is 12.6 Å². The number of hydrogen-bond acceptors (Lipinski definition) is 3. The molecule has 1 unspecified atom stereocenters. The number of amides is 1. The molecule has 1 amide bonds. The Bertz CT molecular complexity index is 364. The summed E-state index contributed by atoms with van der Waals surface area (Å²) in [6.45, 7) is 1.30. The molecule has 4 nitrogen and oxygen atoms in total. The smallest absolute Gasteiger partial charge is 0.251 e. The van der Waals surface area contributed by atoms with Gasteiger partial charge in [0.1, 0.15) is 5.15 Å². The molecule has 1 atom stereocenters. The van der Waals surface area contributed by atoms with Gasteiger partial charge in [-0.1, -0.05) is 11.6 Å². The van der Waals surface area contributed by atoms with E-state index in [-0.39, 0.29) is 11.9 Å². The third-order valence-electron chi connectivity index (χ3n) is 2.25. The van der Waals surface area contributed by atoms with Gasteiger partial charge in [-0.05, 0) is 18.6 Å². The molecule has 1 aliphatic rings. The second kappa shape index (κ2) is 4.59. The van der Waals surface area contributed by atoms with Crippen LogP contribution in [0.15, 0.2) is 18.3 Å². The fraction of sp³-hybridized carbons (Fsp3) is 0.400. The molecule has 0 aliphatic carbocycles. The number of ether oxygens (including phenoxy) is 1. The molecule has 1 N–H and O–H groups in total. The zero-order valence-electron chi connectivity index (χ0n) is 8.07. The average Bonchev–Trinajstić information content (AvgIpc) is 2.70. The summed E-state index contributed by atoms with van der Waals surface area (Å²) in [5, 5.41) is 3.20. The molecule has 0 aromatic carbocycles. The van der Waals surface area contributed by atoms with Gasteiger partial charge in [0.15, 0.2) is 0 Å². The summed E-state index contributed by atoms with van der Waals surface area (Å²) in [5.41, 5.74) is 0.530. The number of nitrogens with one attached hydrogen (secondary N) is 1. The van der Waals surface area contributed by atoms with Crippen molar-refractivity contribution in [3.63, 3.8) is 0 Å². The Morgan fingerprint density at radius 3 is 3.20 bits per heavy atom. The van der Waals surface area contributed by atoms with Crippen molar-refractivity contribution in [2.24, 2.45) is 0 Å². The number of rotatable bonds is 2. The van der Waals surface area contributed by atoms with Gasteiger partial charge in [-0.15, -0.1) is 0 Å². The Morgan fingerprint density at radius 2 is 2.53 bits per heavy atom. The van der Waals surface area contributed by atoms with Gasteiger partial charge >= 0.3 is 0 Å². The minimum absolute atomic E-state index is 0.115. The third-order valence-corrected chi connectivity index (χ3v) is 2.46. The lowest BCUT2D eigenvalue weighted by Crippen LogP contribution is -2.34. The van der Waals surface area contributed by atoms with Crippen molar-refractivity contribution in [2.75, 3.05) is 13.2 Å². The van der Waals surface area contributed by atoms with Gasteiger partial charge < -0.3 is 10.1 Å². The van der Waals surface area contributed by atoms with E-state index in [0.717, 1.165) is 6.42 Å². The van der Waals surface area contributed by atoms with Crippen LogP contribution in [0.1, 0.15) is 16.8 Å². The first kappa shape index (κ1) is 10.4. The summed E-state index contributed by atoms with van der Waals surface area (Å²) in [6.07, 6.45) is 2.38. The normalized spacial score (nSPS) is 20.2. The number of carbonyl (C=O) groups is 1. The van der Waals surface area contributed by atoms with Crippen LogP contribution in [0, 0.1) is 0 Å². The number of hydrogen-bond donors (Lipinski definition) is 1. The molecular weight excluding hydrogens is 216 g/mol. The lowest BCUT2D eigenvalue weighted by molar-refractivity contribution is 0.0930. The number of halogens is 1. The second-order valence-corrected chi connectivity index (χ2v) is 3.79. The summed E-state index contributed by atoms with van der Waals surface area (Å²) >= 11 is 5.69. The van der Waals surface area contributed by atoms with E-state index >= 15 is 0 Å². The van der Waals surface area contributed by atoms with Crippen molar-refractivity contribution in [2.45, 2.75) is 12.5 Å². The Balaban J connectivity index is 2.01. The van der Waals surface area contributed by atoms with Crippen LogP contribution in [-0.2, 0) is 4.74 Å². The predicted molar refractivity (Wildman–Crippen MR) is 55.9 cm³/mol. The summed E-state index contributed by atoms with van der Waals surface area (Å²) in [6, 6.07) is 3.30. The predicted octanol–water partition coefficient (Wildman–Crippen LogP) is 1.25. The SMILES string of the molecule is O=C(NC1CCOC1)c1ccnc(Cl)c1. The molecule has 1 fully saturated rings. The largest absolute Gasteiger partial charge is 0.379 e. The highest BCUT2D eigenvalue weighted by Gasteiger charge is 2.18. The first-order chi connectivity index (χ1) is 7.25. The highest BCUT2D eigenvalue weighted by Crippen LogP contribution is 2.09. The van der Waals surface area contributed by atoms with Crippen molar-refractivity contribution in [3.8, 4) is 0 Å². The molecule has 5 heteroatoms. The monoisotopic (exact) mass is 226 g/mol. The lowest BCUT2D eigenvalue weighted by Gasteiger charge is -2.10. The maximum atomic E-state index is 11.7. The number of pyridine rings is 1. The highest BCUT2D eigenvalue weighted by atomic mass is 35.5. The van der Waals surface area contributed by atoms with Crippen molar-refractivity contribution < 1.29 is 9.53 Å². The van der Waals surface area contributed by atoms with Gasteiger partial charge in [-0.25, -0.2) is 4.98 Å². The molecule has 15 heavy (non-hydrogen) atoms. The molecule has 1 aromatic rings. The van der Waals surface area contributed by atoms with Gasteiger partial charge in [0, 0.05) is 18.4 Å². The van der Waals surface area contributed by atoms with Crippen LogP contribution in [0.2, 0.25) is 5.15 Å². The standard InChI is InChI=1S/C10H11ClN2O2/c11-9-5-7(1-3-12-9)10(14)13-8-2-4-15-6-8/h1,3,5,8H,2,4,6H2,(H,13,14). The van der Waals surface area contributed by atoms with E-state index in [1.165, 1.54) is 6.20 Å². The van der Waals surface area contributed by atoms with E-state index in [2.05, 4.69) is 10.3 Å². The van der Waals surface area contributed by atoms with E-state index in [0.29, 0.717) is 23.9 Å². The second-order valence-electron chi connectivity index (χ2n) is 3.40. The molecule has 0 radical (unpaired) electrons. The molecule has 1 saturated heterocycles. The summed E-state index contributed by atoms with van der Waals surface area (Å²) in [4.78, 5) is 15.5. The van der Waals surface area contributed by atoms with E-state index < -0.39 is 0 Å². The fourth-order valence-electron chi connectivity index (χ4n) is 1.46. The van der Waals surface area contributed by atoms with Crippen LogP contribution in [0.4, 0.5) is 0 Å². The molecular formula is C10H11ClN2O2. The Morgan fingerprint density at radius 1 is 1.67 bits per heavy atom. The molecule has 0 bridgehead atoms. The van der Waals surface area contributed by atoms with Gasteiger partial charge in [0.2, 0.25) is 0 Å². The van der Waals surface area contributed by atoms with Crippen molar-refractivity contribution in [1.82, 2.24) is 10.3 Å². The van der Waals surface area contributed by atoms with E-state index in [4.69, 9.17) is 16.3 Å². The maximum absolute atomic E-state index is 11.7. The minimum Gasteiger partial charge on any atom is -0.379 e. The van der Waals surface area contributed by atoms with Crippen molar-refractivity contribution >= 4 is 17.5 Å². The molecule has 1 aromatic heterocycles. The molecule has 80 valence electrons. The zero-order valence-corrected chi connectivity index (χ0v) is 8.83. The van der Waals surface area contributed by atoms with Crippen molar-refractivity contribution in [1.29, 1.82) is 0 Å². The van der Waals surface area contributed by atoms with Crippen LogP contribution < -0.4 is 5.32 Å². The third kappa shape index (κ3) is 2.67. The minimum atomic E-state index is -0.130. The highest BCUT2D eigenvalue weighted by molar-refractivity contribution is 6.29. The first-order valence-corrected chi connectivity index (χ1v) is 5.13. The average molecular weight is 227 g/mol. The van der Waals surface area contributed by atoms with E-state index in [1.807, 2.05) is 0 Å². The molecule has 1 aliphatic heterocycles. The summed E-state index contributed by atoms with van der Waals surface area (Å²) in [7, 11) is 0. The quantitative estimate of drug-likeness (QED) is 0.773. The van der Waals surface area contributed by atoms with E-state index in [1.54, 1.807) is 12.1 Å². The van der Waals surface area contributed by atoms with Crippen LogP contribution in [0.5, 0.6) is 0 Å². The number of nitrogens with zero attached hydrogens (tertiary/aromatic N) is 1. The van der Waals surface area contributed by atoms with Gasteiger partial charge in [-0.3, -0.25) is 4.79 Å². The first-order valence-electron chi connectivity index (χ1n) is 4.76. The van der Waals surface area contributed by atoms with Crippen LogP contribution in [-0.4, -0.2) is 30.1 Å².